The number of hydrogen-bond donors (Lipinski definition) is 4. The van der Waals surface area contributed by atoms with Crippen LogP contribution in [-0.4, -0.2) is 42.3 Å². The molecule has 0 radical (unpaired) electrons. The minimum atomic E-state index is -0.521. The summed E-state index contributed by atoms with van der Waals surface area (Å²) >= 11 is 0. The molecule has 17 heavy (non-hydrogen) atoms. The van der Waals surface area contributed by atoms with Crippen molar-refractivity contribution in [1.29, 1.82) is 0 Å². The summed E-state index contributed by atoms with van der Waals surface area (Å²) in [6.07, 6.45) is 3.30. The normalized spacial score (nSPS) is 26.1. The highest BCUT2D eigenvalue weighted by atomic mass is 16.3. The molecule has 0 spiro atoms. The number of urea groups is 1. The maximum absolute atomic E-state index is 11.6. The van der Waals surface area contributed by atoms with Crippen molar-refractivity contribution < 1.29 is 14.7 Å². The molecule has 0 aromatic heterocycles. The Hall–Kier alpha value is -1.14. The molecule has 1 rings (SSSR count). The zero-order valence-corrected chi connectivity index (χ0v) is 10.3. The molecule has 3 unspecified atom stereocenters. The van der Waals surface area contributed by atoms with Gasteiger partial charge < -0.3 is 15.7 Å². The van der Waals surface area contributed by atoms with E-state index < -0.39 is 18.2 Å². The fourth-order valence-electron chi connectivity index (χ4n) is 1.99. The molecule has 0 bridgehead atoms. The number of imide groups is 1. The number of aliphatic hydroxyl groups is 1. The van der Waals surface area contributed by atoms with Gasteiger partial charge in [-0.25, -0.2) is 4.79 Å². The van der Waals surface area contributed by atoms with E-state index in [4.69, 9.17) is 0 Å². The lowest BCUT2D eigenvalue weighted by molar-refractivity contribution is -0.122. The molecule has 1 aliphatic carbocycles. The number of carbonyl (C=O) groups excluding carboxylic acids is 2. The first kappa shape index (κ1) is 13.9. The molecule has 0 saturated heterocycles. The second kappa shape index (κ2) is 6.56. The Morgan fingerprint density at radius 1 is 1.29 bits per heavy atom. The third kappa shape index (κ3) is 4.32. The molecule has 98 valence electrons. The van der Waals surface area contributed by atoms with E-state index in [1.165, 1.54) is 7.05 Å². The molecule has 4 N–H and O–H groups in total. The third-order valence-electron chi connectivity index (χ3n) is 3.05. The summed E-state index contributed by atoms with van der Waals surface area (Å²) in [5.74, 6) is -0.387. The smallest absolute Gasteiger partial charge is 0.321 e. The summed E-state index contributed by atoms with van der Waals surface area (Å²) in [4.78, 5) is 22.5. The van der Waals surface area contributed by atoms with Gasteiger partial charge in [0.1, 0.15) is 0 Å². The van der Waals surface area contributed by atoms with Crippen LogP contribution >= 0.6 is 0 Å². The van der Waals surface area contributed by atoms with Crippen LogP contribution in [0.3, 0.4) is 0 Å². The first-order valence-corrected chi connectivity index (χ1v) is 6.01. The van der Waals surface area contributed by atoms with E-state index >= 15 is 0 Å². The van der Waals surface area contributed by atoms with Gasteiger partial charge in [0.25, 0.3) is 0 Å². The molecular weight excluding hydrogens is 222 g/mol. The molecule has 0 aromatic carbocycles. The quantitative estimate of drug-likeness (QED) is 0.549. The number of nitrogens with one attached hydrogen (secondary N) is 3. The van der Waals surface area contributed by atoms with Crippen molar-refractivity contribution in [2.24, 2.45) is 0 Å². The van der Waals surface area contributed by atoms with E-state index in [9.17, 15) is 14.7 Å². The van der Waals surface area contributed by atoms with Gasteiger partial charge in [0.2, 0.25) is 5.91 Å². The van der Waals surface area contributed by atoms with Crippen LogP contribution in [0.1, 0.15) is 32.6 Å². The number of amides is 3. The van der Waals surface area contributed by atoms with Crippen molar-refractivity contribution in [3.8, 4) is 0 Å². The van der Waals surface area contributed by atoms with E-state index in [2.05, 4.69) is 16.0 Å². The molecule has 6 nitrogen and oxygen atoms in total. The Bertz CT molecular complexity index is 283. The zero-order valence-electron chi connectivity index (χ0n) is 10.3. The summed E-state index contributed by atoms with van der Waals surface area (Å²) in [6.45, 7) is 1.68. The minimum absolute atomic E-state index is 0.0609. The second-order valence-corrected chi connectivity index (χ2v) is 4.42. The highest BCUT2D eigenvalue weighted by Crippen LogP contribution is 2.18. The van der Waals surface area contributed by atoms with E-state index in [0.29, 0.717) is 0 Å². The predicted octanol–water partition coefficient (Wildman–Crippen LogP) is -0.276. The Morgan fingerprint density at radius 3 is 2.53 bits per heavy atom. The second-order valence-electron chi connectivity index (χ2n) is 4.42. The third-order valence-corrected chi connectivity index (χ3v) is 3.05. The molecule has 0 aromatic rings. The Labute approximate surface area is 101 Å². The summed E-state index contributed by atoms with van der Waals surface area (Å²) in [5, 5.41) is 17.3. The van der Waals surface area contributed by atoms with Gasteiger partial charge >= 0.3 is 6.03 Å². The number of hydrogen-bond acceptors (Lipinski definition) is 4. The molecule has 6 heteroatoms. The van der Waals surface area contributed by atoms with Crippen LogP contribution in [0.2, 0.25) is 0 Å². The monoisotopic (exact) mass is 243 g/mol. The van der Waals surface area contributed by atoms with Crippen LogP contribution in [0.4, 0.5) is 4.79 Å². The highest BCUT2D eigenvalue weighted by Gasteiger charge is 2.26. The molecule has 0 aliphatic heterocycles. The van der Waals surface area contributed by atoms with Crippen LogP contribution < -0.4 is 16.0 Å². The fraction of sp³-hybridized carbons (Fsp3) is 0.818. The average molecular weight is 243 g/mol. The van der Waals surface area contributed by atoms with Crippen LogP contribution in [0.5, 0.6) is 0 Å². The van der Waals surface area contributed by atoms with Crippen molar-refractivity contribution in [3.05, 3.63) is 0 Å². The first-order chi connectivity index (χ1) is 8.04. The van der Waals surface area contributed by atoms with Crippen molar-refractivity contribution in [1.82, 2.24) is 16.0 Å². The number of aliphatic hydroxyl groups excluding tert-OH is 1. The molecule has 1 saturated carbocycles. The van der Waals surface area contributed by atoms with Crippen LogP contribution in [0, 0.1) is 0 Å². The van der Waals surface area contributed by atoms with E-state index in [0.717, 1.165) is 25.7 Å². The maximum atomic E-state index is 11.6. The van der Waals surface area contributed by atoms with E-state index in [-0.39, 0.29) is 11.9 Å². The van der Waals surface area contributed by atoms with Crippen molar-refractivity contribution in [2.45, 2.75) is 50.8 Å². The van der Waals surface area contributed by atoms with Gasteiger partial charge in [-0.2, -0.15) is 0 Å². The first-order valence-electron chi connectivity index (χ1n) is 6.01. The molecule has 3 amide bonds. The minimum Gasteiger partial charge on any atom is -0.392 e. The van der Waals surface area contributed by atoms with E-state index in [1.54, 1.807) is 6.92 Å². The Kier molecular flexibility index (Phi) is 5.37. The summed E-state index contributed by atoms with van der Waals surface area (Å²) < 4.78 is 0. The SMILES string of the molecule is CNC(=O)NC(=O)C(C)NC1CCCCC1O. The van der Waals surface area contributed by atoms with Crippen LogP contribution in [-0.2, 0) is 4.79 Å². The number of rotatable bonds is 3. The van der Waals surface area contributed by atoms with Gasteiger partial charge in [0, 0.05) is 13.1 Å². The Morgan fingerprint density at radius 2 is 1.94 bits per heavy atom. The standard InChI is InChI=1S/C11H21N3O3/c1-7(10(16)14-11(17)12-2)13-8-5-3-4-6-9(8)15/h7-9,13,15H,3-6H2,1-2H3,(H2,12,14,16,17). The van der Waals surface area contributed by atoms with Crippen molar-refractivity contribution >= 4 is 11.9 Å². The molecular formula is C11H21N3O3. The van der Waals surface area contributed by atoms with Crippen molar-refractivity contribution in [3.63, 3.8) is 0 Å². The summed E-state index contributed by atoms with van der Waals surface area (Å²) in [6, 6.07) is -1.08. The van der Waals surface area contributed by atoms with E-state index in [1.807, 2.05) is 0 Å². The molecule has 0 heterocycles. The average Bonchev–Trinajstić information content (AvgIpc) is 2.31. The van der Waals surface area contributed by atoms with Gasteiger partial charge in [0.05, 0.1) is 12.1 Å². The van der Waals surface area contributed by atoms with Gasteiger partial charge in [-0.05, 0) is 19.8 Å². The largest absolute Gasteiger partial charge is 0.392 e. The van der Waals surface area contributed by atoms with Gasteiger partial charge in [0.15, 0.2) is 0 Å². The van der Waals surface area contributed by atoms with Crippen molar-refractivity contribution in [2.75, 3.05) is 7.05 Å². The van der Waals surface area contributed by atoms with Crippen LogP contribution in [0.25, 0.3) is 0 Å². The maximum Gasteiger partial charge on any atom is 0.321 e. The fourth-order valence-corrected chi connectivity index (χ4v) is 1.99. The topological polar surface area (TPSA) is 90.5 Å². The lowest BCUT2D eigenvalue weighted by atomic mass is 9.92. The van der Waals surface area contributed by atoms with Gasteiger partial charge in [-0.3, -0.25) is 10.1 Å². The summed E-state index contributed by atoms with van der Waals surface area (Å²) in [7, 11) is 1.45. The van der Waals surface area contributed by atoms with Gasteiger partial charge in [-0.15, -0.1) is 0 Å². The molecule has 3 atom stereocenters. The van der Waals surface area contributed by atoms with Gasteiger partial charge in [-0.1, -0.05) is 12.8 Å². The molecule has 1 aliphatic rings. The zero-order chi connectivity index (χ0) is 12.8. The lowest BCUT2D eigenvalue weighted by Crippen LogP contribution is -2.53. The summed E-state index contributed by atoms with van der Waals surface area (Å²) in [5.41, 5.74) is 0. The predicted molar refractivity (Wildman–Crippen MR) is 63.5 cm³/mol. The lowest BCUT2D eigenvalue weighted by Gasteiger charge is -2.30. The molecule has 1 fully saturated rings. The number of carbonyl (C=O) groups is 2. The Balaban J connectivity index is 2.39. The van der Waals surface area contributed by atoms with Crippen LogP contribution in [0.15, 0.2) is 0 Å². The highest BCUT2D eigenvalue weighted by molar-refractivity contribution is 5.96.